The molecule has 1 fully saturated rings. The number of ether oxygens (including phenoxy) is 1. The smallest absolute Gasteiger partial charge is 0.309 e. The molecule has 2 aliphatic rings. The molecule has 1 aliphatic carbocycles. The lowest BCUT2D eigenvalue weighted by molar-refractivity contribution is -0.156. The predicted octanol–water partition coefficient (Wildman–Crippen LogP) is 4.77. The number of esters is 1. The highest BCUT2D eigenvalue weighted by atomic mass is 16.5. The topological polar surface area (TPSA) is 122 Å². The van der Waals surface area contributed by atoms with E-state index >= 15 is 0 Å². The van der Waals surface area contributed by atoms with Crippen molar-refractivity contribution < 1.29 is 29.1 Å². The number of hydrogen-bond donors (Lipinski definition) is 3. The van der Waals surface area contributed by atoms with Crippen molar-refractivity contribution in [3.8, 4) is 0 Å². The molecule has 1 aromatic rings. The molecule has 0 aromatic heterocycles. The van der Waals surface area contributed by atoms with Gasteiger partial charge in [-0.2, -0.15) is 0 Å². The first-order chi connectivity index (χ1) is 18.7. The van der Waals surface area contributed by atoms with Gasteiger partial charge in [0.2, 0.25) is 5.91 Å². The third kappa shape index (κ3) is 10.5. The van der Waals surface area contributed by atoms with Crippen molar-refractivity contribution in [2.24, 2.45) is 11.8 Å². The lowest BCUT2D eigenvalue weighted by Gasteiger charge is -2.27. The molecule has 8 heteroatoms. The van der Waals surface area contributed by atoms with Crippen LogP contribution in [0.3, 0.4) is 0 Å². The Kier molecular flexibility index (Phi) is 12.6. The molecule has 0 bridgehead atoms. The predicted molar refractivity (Wildman–Crippen MR) is 148 cm³/mol. The molecule has 2 atom stereocenters. The van der Waals surface area contributed by atoms with Crippen LogP contribution in [-0.2, 0) is 43.3 Å². The van der Waals surface area contributed by atoms with Gasteiger partial charge < -0.3 is 10.1 Å². The van der Waals surface area contributed by atoms with Crippen molar-refractivity contribution in [2.75, 3.05) is 0 Å². The lowest BCUT2D eigenvalue weighted by Crippen LogP contribution is -2.43. The van der Waals surface area contributed by atoms with Gasteiger partial charge in [0.05, 0.1) is 12.0 Å². The molecule has 3 rings (SSSR count). The Morgan fingerprint density at radius 2 is 1.74 bits per heavy atom. The molecule has 1 amide bonds. The number of fused-ring (bicyclic) bond motifs is 1. The van der Waals surface area contributed by atoms with Gasteiger partial charge in [-0.25, -0.2) is 5.48 Å². The van der Waals surface area contributed by atoms with Gasteiger partial charge in [0.1, 0.15) is 11.9 Å². The molecule has 0 spiro atoms. The van der Waals surface area contributed by atoms with Crippen LogP contribution >= 0.6 is 0 Å². The number of carbonyl (C=O) groups excluding carboxylic acids is 4. The number of hydroxylamine groups is 1. The zero-order chi connectivity index (χ0) is 28.2. The summed E-state index contributed by atoms with van der Waals surface area (Å²) in [7, 11) is 0. The molecule has 0 unspecified atom stereocenters. The van der Waals surface area contributed by atoms with Gasteiger partial charge >= 0.3 is 5.97 Å². The fourth-order valence-electron chi connectivity index (χ4n) is 5.72. The van der Waals surface area contributed by atoms with Gasteiger partial charge in [-0.1, -0.05) is 44.9 Å². The fourth-order valence-corrected chi connectivity index (χ4v) is 5.72. The monoisotopic (exact) mass is 542 g/mol. The van der Waals surface area contributed by atoms with Crippen molar-refractivity contribution in [2.45, 2.75) is 122 Å². The molecule has 0 radical (unpaired) electrons. The zero-order valence-corrected chi connectivity index (χ0v) is 23.6. The summed E-state index contributed by atoms with van der Waals surface area (Å²) in [5.74, 6) is -0.428. The maximum Gasteiger partial charge on any atom is 0.309 e. The number of unbranched alkanes of at least 4 members (excludes halogenated alkanes) is 3. The molecule has 1 aliphatic heterocycles. The Morgan fingerprint density at radius 3 is 2.44 bits per heavy atom. The number of hydrogen-bond acceptors (Lipinski definition) is 7. The van der Waals surface area contributed by atoms with E-state index in [9.17, 15) is 19.2 Å². The van der Waals surface area contributed by atoms with Crippen molar-refractivity contribution in [1.82, 2.24) is 10.8 Å². The molecule has 0 saturated heterocycles. The third-order valence-corrected chi connectivity index (χ3v) is 7.88. The highest BCUT2D eigenvalue weighted by molar-refractivity contribution is 5.89. The highest BCUT2D eigenvalue weighted by Crippen LogP contribution is 2.26. The normalized spacial score (nSPS) is 18.0. The minimum atomic E-state index is -0.394. The third-order valence-electron chi connectivity index (χ3n) is 7.88. The van der Waals surface area contributed by atoms with Crippen LogP contribution in [0, 0.1) is 11.8 Å². The number of amides is 1. The first kappa shape index (κ1) is 31.0. The van der Waals surface area contributed by atoms with Gasteiger partial charge in [-0.15, -0.1) is 0 Å². The van der Waals surface area contributed by atoms with E-state index in [1.807, 2.05) is 12.1 Å². The molecule has 1 heterocycles. The second-order valence-corrected chi connectivity index (χ2v) is 11.7. The first-order valence-corrected chi connectivity index (χ1v) is 14.8. The molecule has 1 saturated carbocycles. The van der Waals surface area contributed by atoms with Gasteiger partial charge in [0, 0.05) is 32.2 Å². The number of ketones is 2. The summed E-state index contributed by atoms with van der Waals surface area (Å²) < 4.78 is 5.76. The number of nitrogens with one attached hydrogen (secondary N) is 2. The van der Waals surface area contributed by atoms with E-state index in [0.717, 1.165) is 61.6 Å². The average molecular weight is 543 g/mol. The van der Waals surface area contributed by atoms with Crippen LogP contribution in [0.4, 0.5) is 0 Å². The van der Waals surface area contributed by atoms with Crippen LogP contribution in [-0.4, -0.2) is 40.8 Å². The Labute approximate surface area is 232 Å². The summed E-state index contributed by atoms with van der Waals surface area (Å²) in [4.78, 5) is 49.6. The SMILES string of the molecule is CC(C)C[C@H](CC(=O)[C@@H]1Cc2ccc(CC(=O)CCCCCCC(=O)NO)cc2CN1)C(=O)OC1CCCC1. The Morgan fingerprint density at radius 1 is 1.03 bits per heavy atom. The molecule has 8 nitrogen and oxygen atoms in total. The van der Waals surface area contributed by atoms with E-state index in [4.69, 9.17) is 9.94 Å². The van der Waals surface area contributed by atoms with E-state index < -0.39 is 5.92 Å². The number of benzene rings is 1. The maximum atomic E-state index is 13.2. The summed E-state index contributed by atoms with van der Waals surface area (Å²) in [5.41, 5.74) is 4.84. The molecular weight excluding hydrogens is 496 g/mol. The van der Waals surface area contributed by atoms with Crippen LogP contribution < -0.4 is 10.8 Å². The summed E-state index contributed by atoms with van der Waals surface area (Å²) in [6.07, 6.45) is 9.93. The summed E-state index contributed by atoms with van der Waals surface area (Å²) in [6, 6.07) is 5.76. The van der Waals surface area contributed by atoms with Crippen molar-refractivity contribution in [3.63, 3.8) is 0 Å². The molecule has 3 N–H and O–H groups in total. The van der Waals surface area contributed by atoms with E-state index in [1.165, 1.54) is 0 Å². The summed E-state index contributed by atoms with van der Waals surface area (Å²) in [5, 5.41) is 11.9. The van der Waals surface area contributed by atoms with Gasteiger partial charge in [-0.05, 0) is 74.0 Å². The standard InChI is InChI=1S/C31H46N2O6/c1-21(2)15-24(31(37)39-27-10-7-8-11-27)19-29(35)28-18-23-14-13-22(16-25(23)20-32-28)17-26(34)9-5-3-4-6-12-30(36)33-38/h13-14,16,21,24,27-28,32,38H,3-12,15,17-20H2,1-2H3,(H,33,36)/t24-,28+/m1/s1. The minimum Gasteiger partial charge on any atom is -0.462 e. The van der Waals surface area contributed by atoms with Crippen molar-refractivity contribution >= 4 is 23.4 Å². The quantitative estimate of drug-likeness (QED) is 0.119. The number of rotatable bonds is 16. The van der Waals surface area contributed by atoms with Crippen LogP contribution in [0.2, 0.25) is 0 Å². The molecular formula is C31H46N2O6. The van der Waals surface area contributed by atoms with Crippen LogP contribution in [0.15, 0.2) is 18.2 Å². The summed E-state index contributed by atoms with van der Waals surface area (Å²) >= 11 is 0. The van der Waals surface area contributed by atoms with Crippen molar-refractivity contribution in [1.29, 1.82) is 0 Å². The largest absolute Gasteiger partial charge is 0.462 e. The minimum absolute atomic E-state index is 0.00937. The average Bonchev–Trinajstić information content (AvgIpc) is 3.42. The van der Waals surface area contributed by atoms with Crippen LogP contribution in [0.25, 0.3) is 0 Å². The van der Waals surface area contributed by atoms with E-state index in [1.54, 1.807) is 5.48 Å². The van der Waals surface area contributed by atoms with Gasteiger partial charge in [-0.3, -0.25) is 24.4 Å². The van der Waals surface area contributed by atoms with E-state index in [0.29, 0.717) is 51.0 Å². The Hall–Kier alpha value is -2.58. The summed E-state index contributed by atoms with van der Waals surface area (Å²) in [6.45, 7) is 4.70. The Balaban J connectivity index is 1.45. The van der Waals surface area contributed by atoms with Crippen molar-refractivity contribution in [3.05, 3.63) is 34.9 Å². The molecule has 1 aromatic carbocycles. The van der Waals surface area contributed by atoms with Gasteiger partial charge in [0.15, 0.2) is 5.78 Å². The first-order valence-electron chi connectivity index (χ1n) is 14.8. The molecule has 216 valence electrons. The van der Waals surface area contributed by atoms with Crippen LogP contribution in [0.1, 0.15) is 108 Å². The number of Topliss-reactive ketones (excluding diaryl/α,β-unsaturated/α-hetero) is 2. The zero-order valence-electron chi connectivity index (χ0n) is 23.6. The Bertz CT molecular complexity index is 985. The molecule has 39 heavy (non-hydrogen) atoms. The van der Waals surface area contributed by atoms with E-state index in [2.05, 4.69) is 25.2 Å². The highest BCUT2D eigenvalue weighted by Gasteiger charge is 2.32. The van der Waals surface area contributed by atoms with E-state index in [-0.39, 0.29) is 42.0 Å². The maximum absolute atomic E-state index is 13.2. The lowest BCUT2D eigenvalue weighted by atomic mass is 9.86. The second kappa shape index (κ2) is 15.9. The fraction of sp³-hybridized carbons (Fsp3) is 0.677. The van der Waals surface area contributed by atoms with Gasteiger partial charge in [0.25, 0.3) is 0 Å². The second-order valence-electron chi connectivity index (χ2n) is 11.7. The number of carbonyl (C=O) groups is 4. The van der Waals surface area contributed by atoms with Crippen LogP contribution in [0.5, 0.6) is 0 Å².